The van der Waals surface area contributed by atoms with Crippen LogP contribution in [0, 0.1) is 6.92 Å². The molecule has 1 aromatic heterocycles. The fourth-order valence-corrected chi connectivity index (χ4v) is 2.50. The number of hydrogen-bond donors (Lipinski definition) is 1. The zero-order chi connectivity index (χ0) is 18.7. The van der Waals surface area contributed by atoms with Crippen LogP contribution in [0.5, 0.6) is 5.75 Å². The first-order valence-electron chi connectivity index (χ1n) is 7.80. The molecule has 1 amide bonds. The summed E-state index contributed by atoms with van der Waals surface area (Å²) in [5, 5.41) is 3.09. The predicted molar refractivity (Wildman–Crippen MR) is 92.0 cm³/mol. The van der Waals surface area contributed by atoms with Gasteiger partial charge in [-0.05, 0) is 31.2 Å². The Labute approximate surface area is 147 Å². The van der Waals surface area contributed by atoms with E-state index < -0.39 is 24.3 Å². The lowest BCUT2D eigenvalue weighted by Gasteiger charge is -2.14. The first-order chi connectivity index (χ1) is 12.3. The summed E-state index contributed by atoms with van der Waals surface area (Å²) in [6, 6.07) is 13.8. The normalized spacial score (nSPS) is 11.4. The number of benzene rings is 2. The average molecular weight is 360 g/mol. The Morgan fingerprint density at radius 2 is 1.85 bits per heavy atom. The summed E-state index contributed by atoms with van der Waals surface area (Å²) in [6.45, 7) is 1.40. The minimum absolute atomic E-state index is 0.305. The Bertz CT molecular complexity index is 955. The molecule has 134 valence electrons. The highest BCUT2D eigenvalue weighted by molar-refractivity contribution is 5.93. The molecule has 2 aromatic carbocycles. The van der Waals surface area contributed by atoms with E-state index in [1.807, 2.05) is 25.1 Å². The molecule has 0 unspecified atom stereocenters. The molecule has 26 heavy (non-hydrogen) atoms. The first-order valence-corrected chi connectivity index (χ1v) is 7.80. The van der Waals surface area contributed by atoms with Crippen LogP contribution in [0.25, 0.3) is 10.9 Å². The minimum atomic E-state index is -4.55. The smallest absolute Gasteiger partial charge is 0.418 e. The first kappa shape index (κ1) is 17.7. The fraction of sp³-hybridized carbons (Fsp3) is 0.158. The number of pyridine rings is 1. The van der Waals surface area contributed by atoms with Crippen LogP contribution in [-0.2, 0) is 11.0 Å². The summed E-state index contributed by atoms with van der Waals surface area (Å²) in [6.07, 6.45) is -4.55. The number of amides is 1. The number of aromatic nitrogens is 1. The second-order valence-electron chi connectivity index (χ2n) is 5.66. The van der Waals surface area contributed by atoms with E-state index in [4.69, 9.17) is 4.74 Å². The third-order valence-electron chi connectivity index (χ3n) is 3.69. The number of carbonyl (C=O) groups excluding carboxylic acids is 1. The number of nitrogens with zero attached hydrogens (tertiary/aromatic N) is 1. The monoisotopic (exact) mass is 360 g/mol. The SMILES string of the molecule is Cc1ccc2cccc(OCC(=O)Nc3ccccc3C(F)(F)F)c2n1. The van der Waals surface area contributed by atoms with Crippen molar-refractivity contribution in [3.63, 3.8) is 0 Å². The van der Waals surface area contributed by atoms with Gasteiger partial charge in [-0.25, -0.2) is 4.98 Å². The largest absolute Gasteiger partial charge is 0.481 e. The quantitative estimate of drug-likeness (QED) is 0.741. The number of anilines is 1. The van der Waals surface area contributed by atoms with Crippen molar-refractivity contribution in [3.8, 4) is 5.75 Å². The number of para-hydroxylation sites is 2. The van der Waals surface area contributed by atoms with Crippen LogP contribution in [0.2, 0.25) is 0 Å². The number of ether oxygens (including phenoxy) is 1. The molecule has 4 nitrogen and oxygen atoms in total. The van der Waals surface area contributed by atoms with E-state index in [1.165, 1.54) is 18.2 Å². The van der Waals surface area contributed by atoms with E-state index in [-0.39, 0.29) is 5.69 Å². The third kappa shape index (κ3) is 3.93. The van der Waals surface area contributed by atoms with Gasteiger partial charge in [0.05, 0.1) is 11.3 Å². The number of fused-ring (bicyclic) bond motifs is 1. The van der Waals surface area contributed by atoms with Gasteiger partial charge in [-0.15, -0.1) is 0 Å². The second kappa shape index (κ2) is 7.03. The van der Waals surface area contributed by atoms with Gasteiger partial charge in [0, 0.05) is 11.1 Å². The number of hydrogen-bond acceptors (Lipinski definition) is 3. The molecule has 0 fully saturated rings. The van der Waals surface area contributed by atoms with Gasteiger partial charge in [0.25, 0.3) is 5.91 Å². The van der Waals surface area contributed by atoms with Crippen molar-refractivity contribution in [2.45, 2.75) is 13.1 Å². The standard InChI is InChI=1S/C19H15F3N2O2/c1-12-9-10-13-5-4-8-16(18(13)23-12)26-11-17(25)24-15-7-3-2-6-14(15)19(20,21)22/h2-10H,11H2,1H3,(H,24,25). The Morgan fingerprint density at radius 1 is 1.08 bits per heavy atom. The van der Waals surface area contributed by atoms with Gasteiger partial charge in [0.15, 0.2) is 6.61 Å². The Morgan fingerprint density at radius 3 is 2.62 bits per heavy atom. The van der Waals surface area contributed by atoms with E-state index in [2.05, 4.69) is 10.3 Å². The molecule has 1 heterocycles. The molecule has 0 saturated carbocycles. The molecular weight excluding hydrogens is 345 g/mol. The molecule has 0 saturated heterocycles. The van der Waals surface area contributed by atoms with Gasteiger partial charge in [-0.3, -0.25) is 4.79 Å². The Balaban J connectivity index is 1.74. The maximum absolute atomic E-state index is 13.0. The number of carbonyl (C=O) groups is 1. The number of nitrogens with one attached hydrogen (secondary N) is 1. The number of alkyl halides is 3. The highest BCUT2D eigenvalue weighted by Gasteiger charge is 2.33. The van der Waals surface area contributed by atoms with Crippen LogP contribution < -0.4 is 10.1 Å². The molecule has 0 aliphatic heterocycles. The number of halogens is 3. The fourth-order valence-electron chi connectivity index (χ4n) is 2.50. The van der Waals surface area contributed by atoms with Crippen molar-refractivity contribution >= 4 is 22.5 Å². The molecule has 0 atom stereocenters. The molecule has 0 radical (unpaired) electrons. The molecule has 7 heteroatoms. The maximum atomic E-state index is 13.0. The van der Waals surface area contributed by atoms with Crippen LogP contribution in [0.3, 0.4) is 0 Å². The highest BCUT2D eigenvalue weighted by atomic mass is 19.4. The summed E-state index contributed by atoms with van der Waals surface area (Å²) < 4.78 is 44.4. The summed E-state index contributed by atoms with van der Waals surface area (Å²) in [5.74, 6) is -0.295. The lowest BCUT2D eigenvalue weighted by atomic mass is 10.1. The summed E-state index contributed by atoms with van der Waals surface area (Å²) in [7, 11) is 0. The van der Waals surface area contributed by atoms with Crippen LogP contribution in [-0.4, -0.2) is 17.5 Å². The second-order valence-corrected chi connectivity index (χ2v) is 5.66. The van der Waals surface area contributed by atoms with Crippen LogP contribution in [0.1, 0.15) is 11.3 Å². The molecule has 0 bridgehead atoms. The molecule has 0 aliphatic carbocycles. The van der Waals surface area contributed by atoms with Crippen molar-refractivity contribution in [2.24, 2.45) is 0 Å². The zero-order valence-corrected chi connectivity index (χ0v) is 13.8. The summed E-state index contributed by atoms with van der Waals surface area (Å²) >= 11 is 0. The third-order valence-corrected chi connectivity index (χ3v) is 3.69. The van der Waals surface area contributed by atoms with E-state index in [0.29, 0.717) is 11.3 Å². The van der Waals surface area contributed by atoms with E-state index in [1.54, 1.807) is 12.1 Å². The minimum Gasteiger partial charge on any atom is -0.481 e. The Kier molecular flexibility index (Phi) is 4.79. The molecule has 3 aromatic rings. The highest BCUT2D eigenvalue weighted by Crippen LogP contribution is 2.34. The number of rotatable bonds is 4. The van der Waals surface area contributed by atoms with Gasteiger partial charge >= 0.3 is 6.18 Å². The van der Waals surface area contributed by atoms with Crippen LogP contribution in [0.15, 0.2) is 54.6 Å². The zero-order valence-electron chi connectivity index (χ0n) is 13.8. The van der Waals surface area contributed by atoms with Crippen molar-refractivity contribution in [3.05, 3.63) is 65.9 Å². The summed E-state index contributed by atoms with van der Waals surface area (Å²) in [5.41, 5.74) is 0.171. The van der Waals surface area contributed by atoms with Gasteiger partial charge < -0.3 is 10.1 Å². The van der Waals surface area contributed by atoms with Crippen molar-refractivity contribution in [1.29, 1.82) is 0 Å². The van der Waals surface area contributed by atoms with Gasteiger partial charge in [0.1, 0.15) is 11.3 Å². The molecule has 3 rings (SSSR count). The van der Waals surface area contributed by atoms with Gasteiger partial charge in [-0.2, -0.15) is 13.2 Å². The van der Waals surface area contributed by atoms with Crippen LogP contribution in [0.4, 0.5) is 18.9 Å². The van der Waals surface area contributed by atoms with Gasteiger partial charge in [0.2, 0.25) is 0 Å². The topological polar surface area (TPSA) is 51.2 Å². The average Bonchev–Trinajstić information content (AvgIpc) is 2.59. The molecule has 0 spiro atoms. The lowest BCUT2D eigenvalue weighted by Crippen LogP contribution is -2.22. The van der Waals surface area contributed by atoms with Crippen LogP contribution >= 0.6 is 0 Å². The van der Waals surface area contributed by atoms with Gasteiger partial charge in [-0.1, -0.05) is 30.3 Å². The van der Waals surface area contributed by atoms with E-state index in [9.17, 15) is 18.0 Å². The van der Waals surface area contributed by atoms with Crippen molar-refractivity contribution in [2.75, 3.05) is 11.9 Å². The molecular formula is C19H15F3N2O2. The number of aryl methyl sites for hydroxylation is 1. The molecule has 0 aliphatic rings. The van der Waals surface area contributed by atoms with E-state index >= 15 is 0 Å². The lowest BCUT2D eigenvalue weighted by molar-refractivity contribution is -0.137. The Hall–Kier alpha value is -3.09. The van der Waals surface area contributed by atoms with E-state index in [0.717, 1.165) is 17.1 Å². The maximum Gasteiger partial charge on any atom is 0.418 e. The summed E-state index contributed by atoms with van der Waals surface area (Å²) in [4.78, 5) is 16.4. The molecule has 1 N–H and O–H groups in total. The van der Waals surface area contributed by atoms with Crippen molar-refractivity contribution < 1.29 is 22.7 Å². The van der Waals surface area contributed by atoms with Crippen molar-refractivity contribution in [1.82, 2.24) is 4.98 Å². The predicted octanol–water partition coefficient (Wildman–Crippen LogP) is 4.58.